The van der Waals surface area contributed by atoms with Crippen LogP contribution in [0, 0.1) is 0 Å². The van der Waals surface area contributed by atoms with Crippen molar-refractivity contribution < 1.29 is 19.8 Å². The molecule has 21 heavy (non-hydrogen) atoms. The molecule has 1 aromatic carbocycles. The Balaban J connectivity index is 3.14. The van der Waals surface area contributed by atoms with Crippen LogP contribution in [0.5, 0.6) is 0 Å². The first-order valence-electron chi connectivity index (χ1n) is 6.11. The van der Waals surface area contributed by atoms with Gasteiger partial charge in [-0.3, -0.25) is 0 Å². The van der Waals surface area contributed by atoms with Gasteiger partial charge in [-0.15, -0.1) is 0 Å². The van der Waals surface area contributed by atoms with Gasteiger partial charge in [-0.25, -0.2) is 9.59 Å². The maximum atomic E-state index is 10.8. The van der Waals surface area contributed by atoms with Crippen LogP contribution in [0.3, 0.4) is 0 Å². The number of allylic oxidation sites excluding steroid dienone is 4. The minimum Gasteiger partial charge on any atom is -0.477 e. The number of benzene rings is 1. The van der Waals surface area contributed by atoms with E-state index in [1.165, 1.54) is 0 Å². The summed E-state index contributed by atoms with van der Waals surface area (Å²) in [5.74, 6) is -2.96. The van der Waals surface area contributed by atoms with Gasteiger partial charge in [0.1, 0.15) is 5.57 Å². The molecule has 0 aromatic heterocycles. The van der Waals surface area contributed by atoms with Crippen LogP contribution < -0.4 is 0 Å². The fraction of sp³-hybridized carbons (Fsp3) is 0.125. The summed E-state index contributed by atoms with van der Waals surface area (Å²) >= 11 is 6.24. The van der Waals surface area contributed by atoms with Crippen LogP contribution in [-0.2, 0) is 9.59 Å². The zero-order valence-electron chi connectivity index (χ0n) is 11.6. The first kappa shape index (κ1) is 16.7. The highest BCUT2D eigenvalue weighted by Gasteiger charge is 2.15. The molecule has 0 aliphatic carbocycles. The summed E-state index contributed by atoms with van der Waals surface area (Å²) in [6, 6.07) is 9.29. The fourth-order valence-corrected chi connectivity index (χ4v) is 1.88. The summed E-state index contributed by atoms with van der Waals surface area (Å²) in [6.45, 7) is 3.39. The highest BCUT2D eigenvalue weighted by molar-refractivity contribution is 6.49. The molecular weight excluding hydrogens is 292 g/mol. The zero-order valence-corrected chi connectivity index (χ0v) is 12.4. The largest absolute Gasteiger partial charge is 0.477 e. The molecule has 5 heteroatoms. The lowest BCUT2D eigenvalue weighted by atomic mass is 10.1. The Kier molecular flexibility index (Phi) is 5.93. The molecule has 0 saturated carbocycles. The van der Waals surface area contributed by atoms with E-state index >= 15 is 0 Å². The normalized spacial score (nSPS) is 12.4. The maximum absolute atomic E-state index is 10.8. The predicted molar refractivity (Wildman–Crippen MR) is 82.0 cm³/mol. The molecule has 0 atom stereocenters. The van der Waals surface area contributed by atoms with Gasteiger partial charge in [-0.05, 0) is 36.6 Å². The molecule has 0 bridgehead atoms. The minimum absolute atomic E-state index is 0.487. The predicted octanol–water partition coefficient (Wildman–Crippen LogP) is 3.70. The van der Waals surface area contributed by atoms with Gasteiger partial charge in [0.2, 0.25) is 0 Å². The van der Waals surface area contributed by atoms with Gasteiger partial charge >= 0.3 is 11.9 Å². The third kappa shape index (κ3) is 4.93. The molecule has 2 N–H and O–H groups in total. The van der Waals surface area contributed by atoms with Crippen molar-refractivity contribution in [3.63, 3.8) is 0 Å². The highest BCUT2D eigenvalue weighted by atomic mass is 35.5. The van der Waals surface area contributed by atoms with E-state index in [0.717, 1.165) is 11.6 Å². The number of carboxylic acids is 2. The lowest BCUT2D eigenvalue weighted by Gasteiger charge is -2.03. The van der Waals surface area contributed by atoms with E-state index in [4.69, 9.17) is 21.8 Å². The SMILES string of the molecule is C/C(C=C(C(=O)O)C(=O)O)=C/C(C)=C(/Cl)c1ccccc1. The van der Waals surface area contributed by atoms with Crippen LogP contribution >= 0.6 is 11.6 Å². The summed E-state index contributed by atoms with van der Waals surface area (Å²) in [4.78, 5) is 21.6. The fourth-order valence-electron chi connectivity index (χ4n) is 1.70. The summed E-state index contributed by atoms with van der Waals surface area (Å²) in [7, 11) is 0. The van der Waals surface area contributed by atoms with Gasteiger partial charge in [0, 0.05) is 0 Å². The van der Waals surface area contributed by atoms with Crippen molar-refractivity contribution >= 4 is 28.6 Å². The molecule has 0 aliphatic rings. The van der Waals surface area contributed by atoms with Crippen LogP contribution in [-0.4, -0.2) is 22.2 Å². The van der Waals surface area contributed by atoms with Gasteiger partial charge in [-0.1, -0.05) is 48.0 Å². The molecule has 0 radical (unpaired) electrons. The second kappa shape index (κ2) is 7.45. The van der Waals surface area contributed by atoms with E-state index in [-0.39, 0.29) is 0 Å². The summed E-state index contributed by atoms with van der Waals surface area (Å²) < 4.78 is 0. The van der Waals surface area contributed by atoms with E-state index in [1.807, 2.05) is 30.3 Å². The number of rotatable bonds is 5. The second-order valence-corrected chi connectivity index (χ2v) is 4.80. The lowest BCUT2D eigenvalue weighted by Crippen LogP contribution is -2.11. The molecule has 0 saturated heterocycles. The van der Waals surface area contributed by atoms with Crippen molar-refractivity contribution in [3.05, 3.63) is 64.8 Å². The Morgan fingerprint density at radius 1 is 1.00 bits per heavy atom. The standard InChI is InChI=1S/C16H15ClO4/c1-10(9-13(15(18)19)16(20)21)8-11(2)14(17)12-6-4-3-5-7-12/h3-9H,1-2H3,(H,18,19)(H,20,21)/b10-8-,14-11+. The summed E-state index contributed by atoms with van der Waals surface area (Å²) in [5, 5.41) is 18.1. The van der Waals surface area contributed by atoms with Crippen LogP contribution in [0.25, 0.3) is 5.03 Å². The van der Waals surface area contributed by atoms with Crippen molar-refractivity contribution in [2.75, 3.05) is 0 Å². The molecular formula is C16H15ClO4. The minimum atomic E-state index is -1.48. The third-order valence-electron chi connectivity index (χ3n) is 2.65. The zero-order chi connectivity index (χ0) is 16.0. The molecule has 0 amide bonds. The average molecular weight is 307 g/mol. The van der Waals surface area contributed by atoms with Crippen LogP contribution in [0.15, 0.2) is 59.2 Å². The highest BCUT2D eigenvalue weighted by Crippen LogP contribution is 2.24. The molecule has 4 nitrogen and oxygen atoms in total. The maximum Gasteiger partial charge on any atom is 0.343 e. The molecule has 0 spiro atoms. The molecule has 1 rings (SSSR count). The van der Waals surface area contributed by atoms with E-state index in [1.54, 1.807) is 19.9 Å². The molecule has 0 unspecified atom stereocenters. The lowest BCUT2D eigenvalue weighted by molar-refractivity contribution is -0.140. The summed E-state index contributed by atoms with van der Waals surface area (Å²) in [5.41, 5.74) is 1.35. The van der Waals surface area contributed by atoms with E-state index in [9.17, 15) is 9.59 Å². The van der Waals surface area contributed by atoms with Crippen LogP contribution in [0.4, 0.5) is 0 Å². The van der Waals surface area contributed by atoms with E-state index in [0.29, 0.717) is 16.2 Å². The first-order valence-corrected chi connectivity index (χ1v) is 6.49. The van der Waals surface area contributed by atoms with Gasteiger partial charge < -0.3 is 10.2 Å². The van der Waals surface area contributed by atoms with Crippen molar-refractivity contribution in [3.8, 4) is 0 Å². The van der Waals surface area contributed by atoms with Gasteiger partial charge in [0.15, 0.2) is 0 Å². The monoisotopic (exact) mass is 306 g/mol. The third-order valence-corrected chi connectivity index (χ3v) is 3.17. The Morgan fingerprint density at radius 2 is 1.52 bits per heavy atom. The molecule has 110 valence electrons. The van der Waals surface area contributed by atoms with Crippen LogP contribution in [0.1, 0.15) is 19.4 Å². The number of hydrogen-bond donors (Lipinski definition) is 2. The number of carboxylic acid groups (broad SMARTS) is 2. The van der Waals surface area contributed by atoms with Gasteiger partial charge in [0.05, 0.1) is 5.03 Å². The average Bonchev–Trinajstić information content (AvgIpc) is 2.44. The Labute approximate surface area is 127 Å². The Hall–Kier alpha value is -2.33. The Bertz CT molecular complexity index is 624. The van der Waals surface area contributed by atoms with Crippen molar-refractivity contribution in [1.82, 2.24) is 0 Å². The Morgan fingerprint density at radius 3 is 2.00 bits per heavy atom. The van der Waals surface area contributed by atoms with E-state index in [2.05, 4.69) is 0 Å². The molecule has 0 heterocycles. The molecule has 1 aromatic rings. The molecule has 0 aliphatic heterocycles. The van der Waals surface area contributed by atoms with Gasteiger partial charge in [0.25, 0.3) is 0 Å². The quantitative estimate of drug-likeness (QED) is 0.376. The summed E-state index contributed by atoms with van der Waals surface area (Å²) in [6.07, 6.45) is 2.74. The first-order chi connectivity index (χ1) is 9.82. The number of halogens is 1. The van der Waals surface area contributed by atoms with Crippen molar-refractivity contribution in [2.24, 2.45) is 0 Å². The molecule has 0 fully saturated rings. The number of aliphatic carboxylic acids is 2. The van der Waals surface area contributed by atoms with Gasteiger partial charge in [-0.2, -0.15) is 0 Å². The van der Waals surface area contributed by atoms with Crippen molar-refractivity contribution in [2.45, 2.75) is 13.8 Å². The number of hydrogen-bond acceptors (Lipinski definition) is 2. The van der Waals surface area contributed by atoms with Crippen LogP contribution in [0.2, 0.25) is 0 Å². The van der Waals surface area contributed by atoms with Crippen molar-refractivity contribution in [1.29, 1.82) is 0 Å². The topological polar surface area (TPSA) is 74.6 Å². The number of carbonyl (C=O) groups is 2. The second-order valence-electron chi connectivity index (χ2n) is 4.42. The smallest absolute Gasteiger partial charge is 0.343 e. The van der Waals surface area contributed by atoms with E-state index < -0.39 is 17.5 Å².